The lowest BCUT2D eigenvalue weighted by Gasteiger charge is -2.35. The minimum atomic E-state index is -4.05. The number of benzene rings is 3. The van der Waals surface area contributed by atoms with Gasteiger partial charge in [0, 0.05) is 30.7 Å². The smallest absolute Gasteiger partial charge is 0.258 e. The van der Waals surface area contributed by atoms with Crippen molar-refractivity contribution in [2.75, 3.05) is 36.4 Å². The molecule has 0 radical (unpaired) electrons. The van der Waals surface area contributed by atoms with E-state index >= 15 is 0 Å². The van der Waals surface area contributed by atoms with Crippen LogP contribution in [0, 0.1) is 17.5 Å². The van der Waals surface area contributed by atoms with Crippen molar-refractivity contribution in [1.82, 2.24) is 4.31 Å². The average Bonchev–Trinajstić information content (AvgIpc) is 2.81. The van der Waals surface area contributed by atoms with Gasteiger partial charge in [0.15, 0.2) is 0 Å². The summed E-state index contributed by atoms with van der Waals surface area (Å²) in [6.07, 6.45) is 0. The Morgan fingerprint density at radius 2 is 1.56 bits per heavy atom. The minimum absolute atomic E-state index is 0.0830. The number of hydrogen-bond acceptors (Lipinski definition) is 4. The third-order valence-electron chi connectivity index (χ3n) is 5.43. The number of halogens is 4. The first-order chi connectivity index (χ1) is 16.2. The second-order valence-corrected chi connectivity index (χ2v) is 10.4. The van der Waals surface area contributed by atoms with Gasteiger partial charge in [-0.15, -0.1) is 0 Å². The van der Waals surface area contributed by atoms with E-state index in [-0.39, 0.29) is 36.8 Å². The zero-order valence-electron chi connectivity index (χ0n) is 17.6. The highest BCUT2D eigenvalue weighted by Crippen LogP contribution is 2.25. The SMILES string of the molecule is O=C(Nc1ccc(Br)cc1F)c1cc(S(=O)(=O)N2CCN(c3ccccc3F)CC2)ccc1F. The van der Waals surface area contributed by atoms with Gasteiger partial charge in [0.1, 0.15) is 17.5 Å². The molecule has 1 saturated heterocycles. The lowest BCUT2D eigenvalue weighted by Crippen LogP contribution is -2.48. The van der Waals surface area contributed by atoms with Crippen molar-refractivity contribution in [3.63, 3.8) is 0 Å². The molecular weight excluding hydrogens is 535 g/mol. The van der Waals surface area contributed by atoms with Crippen LogP contribution in [0.2, 0.25) is 0 Å². The molecule has 34 heavy (non-hydrogen) atoms. The maximum absolute atomic E-state index is 14.4. The Hall–Kier alpha value is -2.89. The van der Waals surface area contributed by atoms with Crippen LogP contribution in [0.5, 0.6) is 0 Å². The summed E-state index contributed by atoms with van der Waals surface area (Å²) in [5.74, 6) is -3.06. The lowest BCUT2D eigenvalue weighted by atomic mass is 10.2. The first kappa shape index (κ1) is 24.2. The summed E-state index contributed by atoms with van der Waals surface area (Å²) in [6.45, 7) is 0.689. The van der Waals surface area contributed by atoms with E-state index in [1.165, 1.54) is 22.5 Å². The second-order valence-electron chi connectivity index (χ2n) is 7.56. The molecule has 178 valence electrons. The van der Waals surface area contributed by atoms with E-state index in [0.29, 0.717) is 10.2 Å². The number of piperazine rings is 1. The van der Waals surface area contributed by atoms with Crippen LogP contribution in [0.4, 0.5) is 24.5 Å². The molecule has 4 rings (SSSR count). The summed E-state index contributed by atoms with van der Waals surface area (Å²) in [5.41, 5.74) is -0.320. The van der Waals surface area contributed by atoms with Crippen LogP contribution < -0.4 is 10.2 Å². The zero-order valence-corrected chi connectivity index (χ0v) is 20.0. The number of hydrogen-bond donors (Lipinski definition) is 1. The number of amides is 1. The van der Waals surface area contributed by atoms with Crippen molar-refractivity contribution in [2.45, 2.75) is 4.90 Å². The Morgan fingerprint density at radius 1 is 0.853 bits per heavy atom. The predicted molar refractivity (Wildman–Crippen MR) is 126 cm³/mol. The quantitative estimate of drug-likeness (QED) is 0.500. The second kappa shape index (κ2) is 9.77. The van der Waals surface area contributed by atoms with Crippen LogP contribution in [0.25, 0.3) is 0 Å². The monoisotopic (exact) mass is 553 g/mol. The number of sulfonamides is 1. The fourth-order valence-corrected chi connectivity index (χ4v) is 5.43. The summed E-state index contributed by atoms with van der Waals surface area (Å²) in [5, 5.41) is 2.26. The van der Waals surface area contributed by atoms with Crippen molar-refractivity contribution in [1.29, 1.82) is 0 Å². The maximum Gasteiger partial charge on any atom is 0.258 e. The van der Waals surface area contributed by atoms with Crippen molar-refractivity contribution < 1.29 is 26.4 Å². The maximum atomic E-state index is 14.4. The molecule has 1 N–H and O–H groups in total. The normalized spacial score (nSPS) is 14.8. The highest BCUT2D eigenvalue weighted by Gasteiger charge is 2.30. The van der Waals surface area contributed by atoms with Gasteiger partial charge in [0.2, 0.25) is 10.0 Å². The number of para-hydroxylation sites is 1. The Kier molecular flexibility index (Phi) is 6.96. The van der Waals surface area contributed by atoms with Gasteiger partial charge in [-0.05, 0) is 48.5 Å². The summed E-state index contributed by atoms with van der Waals surface area (Å²) in [4.78, 5) is 14.1. The van der Waals surface area contributed by atoms with E-state index in [2.05, 4.69) is 21.2 Å². The van der Waals surface area contributed by atoms with Crippen molar-refractivity contribution in [3.05, 3.63) is 88.2 Å². The van der Waals surface area contributed by atoms with Crippen LogP contribution in [-0.4, -0.2) is 44.8 Å². The van der Waals surface area contributed by atoms with Crippen LogP contribution in [0.15, 0.2) is 70.0 Å². The molecule has 1 amide bonds. The number of anilines is 2. The number of nitrogens with one attached hydrogen (secondary N) is 1. The van der Waals surface area contributed by atoms with Crippen LogP contribution >= 0.6 is 15.9 Å². The highest BCUT2D eigenvalue weighted by molar-refractivity contribution is 9.10. The van der Waals surface area contributed by atoms with Gasteiger partial charge < -0.3 is 10.2 Å². The molecule has 1 aliphatic heterocycles. The number of nitrogens with zero attached hydrogens (tertiary/aromatic N) is 2. The molecule has 0 atom stereocenters. The third-order valence-corrected chi connectivity index (χ3v) is 7.82. The molecular formula is C23H19BrF3N3O3S. The first-order valence-electron chi connectivity index (χ1n) is 10.2. The molecule has 11 heteroatoms. The van der Waals surface area contributed by atoms with E-state index < -0.39 is 38.9 Å². The van der Waals surface area contributed by atoms with Gasteiger partial charge in [-0.1, -0.05) is 28.1 Å². The molecule has 1 fully saturated rings. The minimum Gasteiger partial charge on any atom is -0.367 e. The zero-order chi connectivity index (χ0) is 24.5. The van der Waals surface area contributed by atoms with Gasteiger partial charge >= 0.3 is 0 Å². The van der Waals surface area contributed by atoms with Gasteiger partial charge in [-0.2, -0.15) is 4.31 Å². The van der Waals surface area contributed by atoms with Crippen molar-refractivity contribution in [2.24, 2.45) is 0 Å². The first-order valence-corrected chi connectivity index (χ1v) is 12.5. The molecule has 0 aromatic heterocycles. The van der Waals surface area contributed by atoms with Crippen LogP contribution in [-0.2, 0) is 10.0 Å². The third kappa shape index (κ3) is 4.96. The number of carbonyl (C=O) groups excluding carboxylic acids is 1. The standard InChI is InChI=1S/C23H19BrF3N3O3S/c24-15-5-8-21(20(27)13-15)28-23(31)17-14-16(6-7-18(17)25)34(32,33)30-11-9-29(10-12-30)22-4-2-1-3-19(22)26/h1-8,13-14H,9-12H2,(H,28,31). The fourth-order valence-electron chi connectivity index (χ4n) is 3.65. The Labute approximate surface area is 203 Å². The topological polar surface area (TPSA) is 69.7 Å². The predicted octanol–water partition coefficient (Wildman–Crippen LogP) is 4.63. The molecule has 3 aromatic carbocycles. The molecule has 6 nitrogen and oxygen atoms in total. The Morgan fingerprint density at radius 3 is 2.24 bits per heavy atom. The summed E-state index contributed by atoms with van der Waals surface area (Å²) in [7, 11) is -4.05. The number of carbonyl (C=O) groups is 1. The Balaban J connectivity index is 1.52. The van der Waals surface area contributed by atoms with E-state index in [4.69, 9.17) is 0 Å². The summed E-state index contributed by atoms with van der Waals surface area (Å²) >= 11 is 3.10. The highest BCUT2D eigenvalue weighted by atomic mass is 79.9. The van der Waals surface area contributed by atoms with Crippen molar-refractivity contribution in [3.8, 4) is 0 Å². The van der Waals surface area contributed by atoms with Gasteiger partial charge in [0.05, 0.1) is 21.8 Å². The van der Waals surface area contributed by atoms with E-state index in [9.17, 15) is 26.4 Å². The molecule has 0 aliphatic carbocycles. The van der Waals surface area contributed by atoms with E-state index in [0.717, 1.165) is 24.3 Å². The molecule has 3 aromatic rings. The van der Waals surface area contributed by atoms with Gasteiger partial charge in [-0.3, -0.25) is 4.79 Å². The van der Waals surface area contributed by atoms with E-state index in [1.54, 1.807) is 23.1 Å². The number of rotatable bonds is 5. The molecule has 0 bridgehead atoms. The summed E-state index contributed by atoms with van der Waals surface area (Å²) < 4.78 is 70.4. The molecule has 1 aliphatic rings. The van der Waals surface area contributed by atoms with E-state index in [1.807, 2.05) is 0 Å². The van der Waals surface area contributed by atoms with Crippen LogP contribution in [0.3, 0.4) is 0 Å². The molecule has 1 heterocycles. The van der Waals surface area contributed by atoms with Crippen molar-refractivity contribution >= 4 is 43.2 Å². The van der Waals surface area contributed by atoms with Crippen LogP contribution in [0.1, 0.15) is 10.4 Å². The largest absolute Gasteiger partial charge is 0.367 e. The molecule has 0 unspecified atom stereocenters. The lowest BCUT2D eigenvalue weighted by molar-refractivity contribution is 0.102. The van der Waals surface area contributed by atoms with Gasteiger partial charge in [-0.25, -0.2) is 21.6 Å². The molecule has 0 spiro atoms. The average molecular weight is 554 g/mol. The Bertz CT molecular complexity index is 1350. The van der Waals surface area contributed by atoms with Gasteiger partial charge in [0.25, 0.3) is 5.91 Å². The fraction of sp³-hybridized carbons (Fsp3) is 0.174. The molecule has 0 saturated carbocycles. The summed E-state index contributed by atoms with van der Waals surface area (Å²) in [6, 6.07) is 13.1.